The van der Waals surface area contributed by atoms with Crippen LogP contribution in [0.15, 0.2) is 54.6 Å². The summed E-state index contributed by atoms with van der Waals surface area (Å²) in [5.41, 5.74) is 2.25. The molecule has 0 aliphatic carbocycles. The Hall–Kier alpha value is -3.02. The Morgan fingerprint density at radius 3 is 2.12 bits per heavy atom. The molecular weight excluding hydrogens is 306 g/mol. The second-order valence-electron chi connectivity index (χ2n) is 5.15. The molecule has 0 heterocycles. The van der Waals surface area contributed by atoms with E-state index in [1.165, 1.54) is 0 Å². The Morgan fingerprint density at radius 1 is 0.958 bits per heavy atom. The fourth-order valence-corrected chi connectivity index (χ4v) is 2.11. The molecule has 0 spiro atoms. The van der Waals surface area contributed by atoms with Gasteiger partial charge >= 0.3 is 12.1 Å². The third-order valence-electron chi connectivity index (χ3n) is 3.31. The van der Waals surface area contributed by atoms with E-state index in [1.807, 2.05) is 37.3 Å². The number of anilines is 2. The van der Waals surface area contributed by atoms with E-state index >= 15 is 0 Å². The van der Waals surface area contributed by atoms with Crippen LogP contribution in [0.25, 0.3) is 0 Å². The van der Waals surface area contributed by atoms with Crippen molar-refractivity contribution in [1.29, 1.82) is 0 Å². The number of hydrogen-bond acceptors (Lipinski definition) is 3. The summed E-state index contributed by atoms with van der Waals surface area (Å²) >= 11 is 0. The maximum Gasteiger partial charge on any atom is 0.411 e. The Labute approximate surface area is 141 Å². The van der Waals surface area contributed by atoms with Gasteiger partial charge in [-0.15, -0.1) is 0 Å². The SMILES string of the molecule is CCOC(=O)Nc1ccc(NC(=O)N[C@H](C)c2ccccc2)cc1. The molecule has 1 atom stereocenters. The van der Waals surface area contributed by atoms with Crippen molar-refractivity contribution in [1.82, 2.24) is 5.32 Å². The van der Waals surface area contributed by atoms with Crippen molar-refractivity contribution in [2.24, 2.45) is 0 Å². The van der Waals surface area contributed by atoms with Gasteiger partial charge in [0.05, 0.1) is 12.6 Å². The fraction of sp³-hybridized carbons (Fsp3) is 0.222. The number of ether oxygens (including phenoxy) is 1. The van der Waals surface area contributed by atoms with E-state index in [0.29, 0.717) is 18.0 Å². The van der Waals surface area contributed by atoms with Gasteiger partial charge in [-0.05, 0) is 43.7 Å². The molecule has 24 heavy (non-hydrogen) atoms. The number of carbonyl (C=O) groups excluding carboxylic acids is 2. The summed E-state index contributed by atoms with van der Waals surface area (Å²) in [5, 5.41) is 8.21. The van der Waals surface area contributed by atoms with Gasteiger partial charge in [-0.2, -0.15) is 0 Å². The van der Waals surface area contributed by atoms with Crippen molar-refractivity contribution in [3.8, 4) is 0 Å². The molecule has 2 rings (SSSR count). The molecule has 0 saturated heterocycles. The quantitative estimate of drug-likeness (QED) is 0.772. The molecule has 126 valence electrons. The van der Waals surface area contributed by atoms with Crippen molar-refractivity contribution in [2.45, 2.75) is 19.9 Å². The van der Waals surface area contributed by atoms with Crippen molar-refractivity contribution < 1.29 is 14.3 Å². The zero-order valence-electron chi connectivity index (χ0n) is 13.7. The number of amides is 3. The van der Waals surface area contributed by atoms with Crippen LogP contribution in [0.4, 0.5) is 21.0 Å². The second-order valence-corrected chi connectivity index (χ2v) is 5.15. The number of hydrogen-bond donors (Lipinski definition) is 3. The van der Waals surface area contributed by atoms with E-state index in [-0.39, 0.29) is 12.1 Å². The lowest BCUT2D eigenvalue weighted by atomic mass is 10.1. The molecule has 0 unspecified atom stereocenters. The fourth-order valence-electron chi connectivity index (χ4n) is 2.11. The monoisotopic (exact) mass is 327 g/mol. The van der Waals surface area contributed by atoms with E-state index in [2.05, 4.69) is 16.0 Å². The van der Waals surface area contributed by atoms with Crippen LogP contribution in [0.1, 0.15) is 25.5 Å². The zero-order chi connectivity index (χ0) is 17.4. The van der Waals surface area contributed by atoms with Crippen molar-refractivity contribution in [3.05, 3.63) is 60.2 Å². The van der Waals surface area contributed by atoms with Gasteiger partial charge in [-0.25, -0.2) is 9.59 Å². The molecule has 0 aliphatic rings. The third-order valence-corrected chi connectivity index (χ3v) is 3.31. The molecule has 0 bridgehead atoms. The average Bonchev–Trinajstić information content (AvgIpc) is 2.57. The minimum absolute atomic E-state index is 0.101. The molecule has 6 heteroatoms. The lowest BCUT2D eigenvalue weighted by Gasteiger charge is -2.15. The summed E-state index contributed by atoms with van der Waals surface area (Å²) in [4.78, 5) is 23.4. The van der Waals surface area contributed by atoms with Crippen LogP contribution in [-0.2, 0) is 4.74 Å². The largest absolute Gasteiger partial charge is 0.450 e. The molecule has 0 aliphatic heterocycles. The van der Waals surface area contributed by atoms with Gasteiger partial charge in [0.15, 0.2) is 0 Å². The number of urea groups is 1. The van der Waals surface area contributed by atoms with Crippen molar-refractivity contribution in [3.63, 3.8) is 0 Å². The highest BCUT2D eigenvalue weighted by Crippen LogP contribution is 2.15. The summed E-state index contributed by atoms with van der Waals surface area (Å²) in [7, 11) is 0. The summed E-state index contributed by atoms with van der Waals surface area (Å²) < 4.78 is 4.80. The number of nitrogens with one attached hydrogen (secondary N) is 3. The first-order valence-corrected chi connectivity index (χ1v) is 7.74. The lowest BCUT2D eigenvalue weighted by molar-refractivity contribution is 0.168. The molecule has 0 fully saturated rings. The smallest absolute Gasteiger partial charge is 0.411 e. The van der Waals surface area contributed by atoms with E-state index in [4.69, 9.17) is 4.74 Å². The molecule has 2 aromatic rings. The van der Waals surface area contributed by atoms with E-state index < -0.39 is 6.09 Å². The lowest BCUT2D eigenvalue weighted by Crippen LogP contribution is -2.31. The summed E-state index contributed by atoms with van der Waals surface area (Å²) in [6, 6.07) is 16.1. The minimum Gasteiger partial charge on any atom is -0.450 e. The Bertz CT molecular complexity index is 672. The van der Waals surface area contributed by atoms with E-state index in [1.54, 1.807) is 31.2 Å². The Balaban J connectivity index is 1.86. The molecular formula is C18H21N3O3. The Kier molecular flexibility index (Phi) is 6.19. The molecule has 0 radical (unpaired) electrons. The number of carbonyl (C=O) groups is 2. The minimum atomic E-state index is -0.507. The Morgan fingerprint density at radius 2 is 1.54 bits per heavy atom. The summed E-state index contributed by atoms with van der Waals surface area (Å²) in [6.07, 6.45) is -0.507. The van der Waals surface area contributed by atoms with Crippen LogP contribution in [0.3, 0.4) is 0 Å². The number of benzene rings is 2. The highest BCUT2D eigenvalue weighted by Gasteiger charge is 2.09. The van der Waals surface area contributed by atoms with Crippen LogP contribution >= 0.6 is 0 Å². The zero-order valence-corrected chi connectivity index (χ0v) is 13.7. The van der Waals surface area contributed by atoms with Crippen LogP contribution in [0, 0.1) is 0 Å². The van der Waals surface area contributed by atoms with Crippen molar-refractivity contribution in [2.75, 3.05) is 17.2 Å². The molecule has 3 N–H and O–H groups in total. The third kappa shape index (κ3) is 5.31. The normalized spacial score (nSPS) is 11.2. The van der Waals surface area contributed by atoms with Crippen molar-refractivity contribution >= 4 is 23.5 Å². The average molecular weight is 327 g/mol. The highest BCUT2D eigenvalue weighted by molar-refractivity contribution is 5.90. The first kappa shape index (κ1) is 17.3. The molecule has 6 nitrogen and oxygen atoms in total. The van der Waals surface area contributed by atoms with Gasteiger partial charge in [-0.1, -0.05) is 30.3 Å². The van der Waals surface area contributed by atoms with Gasteiger partial charge in [0, 0.05) is 11.4 Å². The standard InChI is InChI=1S/C18H21N3O3/c1-3-24-18(23)21-16-11-9-15(10-12-16)20-17(22)19-13(2)14-7-5-4-6-8-14/h4-13H,3H2,1-2H3,(H,21,23)(H2,19,20,22)/t13-/m1/s1. The summed E-state index contributed by atoms with van der Waals surface area (Å²) in [6.45, 7) is 3.97. The predicted octanol–water partition coefficient (Wildman–Crippen LogP) is 4.14. The van der Waals surface area contributed by atoms with Gasteiger partial charge in [-0.3, -0.25) is 5.32 Å². The van der Waals surface area contributed by atoms with Gasteiger partial charge in [0.1, 0.15) is 0 Å². The maximum absolute atomic E-state index is 12.0. The van der Waals surface area contributed by atoms with Crippen LogP contribution in [-0.4, -0.2) is 18.7 Å². The molecule has 0 saturated carbocycles. The van der Waals surface area contributed by atoms with Gasteiger partial charge in [0.2, 0.25) is 0 Å². The topological polar surface area (TPSA) is 79.5 Å². The first-order chi connectivity index (χ1) is 11.6. The molecule has 3 amide bonds. The van der Waals surface area contributed by atoms with E-state index in [0.717, 1.165) is 5.56 Å². The van der Waals surface area contributed by atoms with Gasteiger partial charge in [0.25, 0.3) is 0 Å². The second kappa shape index (κ2) is 8.57. The van der Waals surface area contributed by atoms with Crippen LogP contribution < -0.4 is 16.0 Å². The number of rotatable bonds is 5. The maximum atomic E-state index is 12.0. The molecule has 0 aromatic heterocycles. The van der Waals surface area contributed by atoms with Crippen LogP contribution in [0.2, 0.25) is 0 Å². The van der Waals surface area contributed by atoms with Crippen LogP contribution in [0.5, 0.6) is 0 Å². The highest BCUT2D eigenvalue weighted by atomic mass is 16.5. The molecule has 2 aromatic carbocycles. The van der Waals surface area contributed by atoms with Gasteiger partial charge < -0.3 is 15.4 Å². The first-order valence-electron chi connectivity index (χ1n) is 7.74. The van der Waals surface area contributed by atoms with E-state index in [9.17, 15) is 9.59 Å². The summed E-state index contributed by atoms with van der Waals surface area (Å²) in [5.74, 6) is 0. The predicted molar refractivity (Wildman–Crippen MR) is 94.1 cm³/mol.